The van der Waals surface area contributed by atoms with Crippen molar-refractivity contribution in [3.8, 4) is 11.3 Å². The number of aromatic nitrogens is 2. The number of hydrogen-bond donors (Lipinski definition) is 2. The molecule has 0 aliphatic carbocycles. The maximum absolute atomic E-state index is 9.82. The second-order valence-corrected chi connectivity index (χ2v) is 6.60. The van der Waals surface area contributed by atoms with Crippen molar-refractivity contribution in [2.75, 3.05) is 11.9 Å². The molecule has 0 spiro atoms. The van der Waals surface area contributed by atoms with Crippen molar-refractivity contribution >= 4 is 32.8 Å². The predicted octanol–water partition coefficient (Wildman–Crippen LogP) is 4.80. The minimum absolute atomic E-state index is 0.0590. The molecule has 0 fully saturated rings. The lowest BCUT2D eigenvalue weighted by Crippen LogP contribution is -2.15. The number of anilines is 1. The fraction of sp³-hybridized carbons (Fsp3) is 0.100. The van der Waals surface area contributed by atoms with Crippen molar-refractivity contribution in [1.82, 2.24) is 9.97 Å². The molecule has 0 aliphatic heterocycles. The summed E-state index contributed by atoms with van der Waals surface area (Å²) in [6.07, 6.45) is 1.45. The lowest BCUT2D eigenvalue weighted by atomic mass is 10.1. The fourth-order valence-electron chi connectivity index (χ4n) is 2.87. The fourth-order valence-corrected chi connectivity index (χ4v) is 3.54. The molecular weight excluding hydrogens is 394 g/mol. The topological polar surface area (TPSA) is 71.2 Å². The highest BCUT2D eigenvalue weighted by atomic mass is 79.9. The van der Waals surface area contributed by atoms with E-state index < -0.39 is 0 Å². The molecule has 2 aromatic heterocycles. The van der Waals surface area contributed by atoms with Gasteiger partial charge in [-0.25, -0.2) is 9.97 Å². The Kier molecular flexibility index (Phi) is 4.69. The highest BCUT2D eigenvalue weighted by Crippen LogP contribution is 2.40. The van der Waals surface area contributed by atoms with E-state index in [0.717, 1.165) is 21.0 Å². The van der Waals surface area contributed by atoms with Crippen LogP contribution >= 0.6 is 15.9 Å². The first-order valence-electron chi connectivity index (χ1n) is 8.18. The van der Waals surface area contributed by atoms with Gasteiger partial charge in [0.25, 0.3) is 0 Å². The normalized spacial score (nSPS) is 12.2. The molecule has 5 nitrogen and oxygen atoms in total. The van der Waals surface area contributed by atoms with Crippen LogP contribution in [0.2, 0.25) is 0 Å². The molecule has 2 heterocycles. The Morgan fingerprint density at radius 1 is 1.00 bits per heavy atom. The van der Waals surface area contributed by atoms with Crippen LogP contribution in [0.1, 0.15) is 11.6 Å². The molecule has 1 atom stereocenters. The van der Waals surface area contributed by atoms with Crippen LogP contribution in [0, 0.1) is 0 Å². The Balaban J connectivity index is 1.77. The van der Waals surface area contributed by atoms with Crippen LogP contribution < -0.4 is 5.32 Å². The number of benzene rings is 2. The summed E-state index contributed by atoms with van der Waals surface area (Å²) in [4.78, 5) is 8.61. The minimum Gasteiger partial charge on any atom is -0.436 e. The highest BCUT2D eigenvalue weighted by molar-refractivity contribution is 9.10. The van der Waals surface area contributed by atoms with Crippen molar-refractivity contribution in [3.63, 3.8) is 0 Å². The summed E-state index contributed by atoms with van der Waals surface area (Å²) in [6.45, 7) is -0.0590. The molecule has 4 aromatic rings. The van der Waals surface area contributed by atoms with Gasteiger partial charge < -0.3 is 14.8 Å². The van der Waals surface area contributed by atoms with Crippen molar-refractivity contribution in [3.05, 3.63) is 77.0 Å². The molecule has 0 aliphatic rings. The van der Waals surface area contributed by atoms with Gasteiger partial charge in [-0.2, -0.15) is 0 Å². The number of nitrogens with one attached hydrogen (secondary N) is 1. The van der Waals surface area contributed by atoms with E-state index in [9.17, 15) is 5.11 Å². The zero-order valence-corrected chi connectivity index (χ0v) is 15.3. The van der Waals surface area contributed by atoms with Crippen molar-refractivity contribution in [1.29, 1.82) is 0 Å². The van der Waals surface area contributed by atoms with Gasteiger partial charge >= 0.3 is 0 Å². The van der Waals surface area contributed by atoms with E-state index >= 15 is 0 Å². The summed E-state index contributed by atoms with van der Waals surface area (Å²) in [7, 11) is 0. The van der Waals surface area contributed by atoms with Crippen LogP contribution in [0.3, 0.4) is 0 Å². The molecule has 4 rings (SSSR count). The van der Waals surface area contributed by atoms with E-state index in [1.807, 2.05) is 60.7 Å². The Morgan fingerprint density at radius 2 is 1.69 bits per heavy atom. The van der Waals surface area contributed by atoms with Gasteiger partial charge in [0.15, 0.2) is 5.76 Å². The molecule has 0 saturated carbocycles. The molecule has 1 unspecified atom stereocenters. The molecule has 0 amide bonds. The number of hydrogen-bond acceptors (Lipinski definition) is 5. The molecule has 6 heteroatoms. The third kappa shape index (κ3) is 3.09. The number of rotatable bonds is 5. The second-order valence-electron chi connectivity index (χ2n) is 5.80. The maximum atomic E-state index is 9.82. The number of halogens is 1. The summed E-state index contributed by atoms with van der Waals surface area (Å²) in [5, 5.41) is 13.9. The standard InChI is InChI=1S/C20H16BrN3O2/c21-17-16-19(24-15(11-25)13-7-3-1-4-8-13)22-12-23-20(16)26-18(17)14-9-5-2-6-10-14/h1-10,12,15,25H,11H2,(H,22,23,24). The SMILES string of the molecule is OCC(Nc1ncnc2oc(-c3ccccc3)c(Br)c12)c1ccccc1. The third-order valence-corrected chi connectivity index (χ3v) is 4.92. The average molecular weight is 410 g/mol. The van der Waals surface area contributed by atoms with E-state index in [-0.39, 0.29) is 12.6 Å². The summed E-state index contributed by atoms with van der Waals surface area (Å²) >= 11 is 3.63. The predicted molar refractivity (Wildman–Crippen MR) is 105 cm³/mol. The van der Waals surface area contributed by atoms with Crippen molar-refractivity contribution < 1.29 is 9.52 Å². The summed E-state index contributed by atoms with van der Waals surface area (Å²) in [5.74, 6) is 1.31. The van der Waals surface area contributed by atoms with Gasteiger partial charge in [0.1, 0.15) is 12.1 Å². The number of aliphatic hydroxyl groups is 1. The molecule has 0 bridgehead atoms. The Bertz CT molecular complexity index is 1020. The first-order valence-corrected chi connectivity index (χ1v) is 8.98. The molecule has 130 valence electrons. The van der Waals surface area contributed by atoms with Gasteiger partial charge in [-0.15, -0.1) is 0 Å². The third-order valence-electron chi connectivity index (χ3n) is 4.16. The first-order chi connectivity index (χ1) is 12.8. The van der Waals surface area contributed by atoms with E-state index in [4.69, 9.17) is 4.42 Å². The highest BCUT2D eigenvalue weighted by Gasteiger charge is 2.20. The van der Waals surface area contributed by atoms with Crippen LogP contribution in [0.4, 0.5) is 5.82 Å². The number of fused-ring (bicyclic) bond motifs is 1. The van der Waals surface area contributed by atoms with Crippen LogP contribution in [0.25, 0.3) is 22.4 Å². The lowest BCUT2D eigenvalue weighted by Gasteiger charge is -2.17. The van der Waals surface area contributed by atoms with E-state index in [1.165, 1.54) is 6.33 Å². The lowest BCUT2D eigenvalue weighted by molar-refractivity contribution is 0.276. The van der Waals surface area contributed by atoms with Gasteiger partial charge in [0, 0.05) is 5.56 Å². The van der Waals surface area contributed by atoms with E-state index in [0.29, 0.717) is 17.3 Å². The van der Waals surface area contributed by atoms with Crippen LogP contribution in [-0.2, 0) is 0 Å². The maximum Gasteiger partial charge on any atom is 0.233 e. The van der Waals surface area contributed by atoms with Crippen LogP contribution in [-0.4, -0.2) is 21.7 Å². The van der Waals surface area contributed by atoms with Gasteiger partial charge in [-0.05, 0) is 21.5 Å². The molecule has 2 N–H and O–H groups in total. The van der Waals surface area contributed by atoms with Gasteiger partial charge in [-0.1, -0.05) is 60.7 Å². The van der Waals surface area contributed by atoms with Gasteiger partial charge in [-0.3, -0.25) is 0 Å². The van der Waals surface area contributed by atoms with Crippen LogP contribution in [0.15, 0.2) is 75.9 Å². The number of furan rings is 1. The Labute approximate surface area is 158 Å². The molecule has 0 radical (unpaired) electrons. The van der Waals surface area contributed by atoms with E-state index in [1.54, 1.807) is 0 Å². The van der Waals surface area contributed by atoms with Gasteiger partial charge in [0.2, 0.25) is 5.71 Å². The Morgan fingerprint density at radius 3 is 2.38 bits per heavy atom. The Hall–Kier alpha value is -2.70. The van der Waals surface area contributed by atoms with Crippen molar-refractivity contribution in [2.24, 2.45) is 0 Å². The zero-order valence-electron chi connectivity index (χ0n) is 13.8. The smallest absolute Gasteiger partial charge is 0.233 e. The first kappa shape index (κ1) is 16.8. The van der Waals surface area contributed by atoms with E-state index in [2.05, 4.69) is 31.2 Å². The minimum atomic E-state index is -0.281. The summed E-state index contributed by atoms with van der Waals surface area (Å²) in [6, 6.07) is 19.3. The monoisotopic (exact) mass is 409 g/mol. The zero-order chi connectivity index (χ0) is 17.9. The van der Waals surface area contributed by atoms with Crippen LogP contribution in [0.5, 0.6) is 0 Å². The molecule has 26 heavy (non-hydrogen) atoms. The summed E-state index contributed by atoms with van der Waals surface area (Å²) in [5.41, 5.74) is 2.41. The molecule has 2 aromatic carbocycles. The number of nitrogens with zero attached hydrogens (tertiary/aromatic N) is 2. The quantitative estimate of drug-likeness (QED) is 0.495. The molecule has 0 saturated heterocycles. The van der Waals surface area contributed by atoms with Crippen molar-refractivity contribution in [2.45, 2.75) is 6.04 Å². The second kappa shape index (κ2) is 7.27. The number of aliphatic hydroxyl groups excluding tert-OH is 1. The largest absolute Gasteiger partial charge is 0.436 e. The average Bonchev–Trinajstić information content (AvgIpc) is 3.05. The summed E-state index contributed by atoms with van der Waals surface area (Å²) < 4.78 is 6.73. The van der Waals surface area contributed by atoms with Gasteiger partial charge in [0.05, 0.1) is 22.5 Å². The molecular formula is C20H16BrN3O2.